The number of carbonyl (C=O) groups excluding carboxylic acids is 1. The summed E-state index contributed by atoms with van der Waals surface area (Å²) < 4.78 is 0. The van der Waals surface area contributed by atoms with Crippen molar-refractivity contribution in [3.05, 3.63) is 101 Å². The smallest absolute Gasteiger partial charge is 0.254 e. The highest BCUT2D eigenvalue weighted by Crippen LogP contribution is 2.16. The van der Waals surface area contributed by atoms with Gasteiger partial charge >= 0.3 is 0 Å². The number of amides is 1. The predicted octanol–water partition coefficient (Wildman–Crippen LogP) is 4.36. The van der Waals surface area contributed by atoms with Crippen molar-refractivity contribution in [1.29, 1.82) is 5.26 Å². The van der Waals surface area contributed by atoms with Crippen molar-refractivity contribution in [2.24, 2.45) is 0 Å². The summed E-state index contributed by atoms with van der Waals surface area (Å²) in [5.74, 6) is -0.101. The molecule has 134 valence electrons. The maximum atomic E-state index is 13.1. The number of hydrogen-bond acceptors (Lipinski definition) is 3. The van der Waals surface area contributed by atoms with Crippen molar-refractivity contribution >= 4 is 5.91 Å². The number of aromatic nitrogens is 1. The van der Waals surface area contributed by atoms with Crippen LogP contribution in [0.25, 0.3) is 0 Å². The Balaban J connectivity index is 1.88. The zero-order valence-electron chi connectivity index (χ0n) is 15.3. The fraction of sp³-hybridized carbons (Fsp3) is 0.174. The Hall–Kier alpha value is -3.45. The maximum absolute atomic E-state index is 13.1. The molecule has 1 heterocycles. The molecule has 2 aromatic carbocycles. The number of hydrogen-bond donors (Lipinski definition) is 0. The van der Waals surface area contributed by atoms with Crippen LogP contribution in [0.1, 0.15) is 39.5 Å². The minimum Gasteiger partial charge on any atom is -0.330 e. The molecule has 0 fully saturated rings. The van der Waals surface area contributed by atoms with Crippen molar-refractivity contribution in [3.63, 3.8) is 0 Å². The lowest BCUT2D eigenvalue weighted by atomic mass is 10.1. The zero-order valence-corrected chi connectivity index (χ0v) is 15.3. The van der Waals surface area contributed by atoms with Gasteiger partial charge in [0.15, 0.2) is 0 Å². The Bertz CT molecular complexity index is 943. The van der Waals surface area contributed by atoms with Crippen molar-refractivity contribution in [3.8, 4) is 6.07 Å². The monoisotopic (exact) mass is 355 g/mol. The molecule has 0 unspecified atom stereocenters. The summed E-state index contributed by atoms with van der Waals surface area (Å²) in [6, 6.07) is 21.1. The summed E-state index contributed by atoms with van der Waals surface area (Å²) in [6.45, 7) is 3.07. The Morgan fingerprint density at radius 2 is 1.74 bits per heavy atom. The van der Waals surface area contributed by atoms with E-state index >= 15 is 0 Å². The fourth-order valence-corrected chi connectivity index (χ4v) is 2.92. The molecule has 0 N–H and O–H groups in total. The number of nitrogens with zero attached hydrogens (tertiary/aromatic N) is 3. The minimum atomic E-state index is -0.101. The first kappa shape index (κ1) is 18.3. The second-order valence-electron chi connectivity index (χ2n) is 6.39. The summed E-state index contributed by atoms with van der Waals surface area (Å²) >= 11 is 0. The number of rotatable bonds is 6. The van der Waals surface area contributed by atoms with Crippen molar-refractivity contribution in [1.82, 2.24) is 9.88 Å². The minimum absolute atomic E-state index is 0.101. The standard InChI is InChI=1S/C23H21N3O/c1-2-18-8-10-19(11-9-18)16-26(17-21-6-4-12-25-15-21)23(27)22-7-3-5-20(13-22)14-24/h3-13,15H,2,16-17H2,1H3. The van der Waals surface area contributed by atoms with Crippen LogP contribution in [-0.4, -0.2) is 15.8 Å². The summed E-state index contributed by atoms with van der Waals surface area (Å²) in [4.78, 5) is 19.1. The number of carbonyl (C=O) groups is 1. The van der Waals surface area contributed by atoms with Gasteiger partial charge in [-0.25, -0.2) is 0 Å². The molecule has 0 aliphatic carbocycles. The molecule has 0 radical (unpaired) electrons. The lowest BCUT2D eigenvalue weighted by molar-refractivity contribution is 0.0730. The second kappa shape index (κ2) is 8.77. The van der Waals surface area contributed by atoms with E-state index in [2.05, 4.69) is 42.2 Å². The maximum Gasteiger partial charge on any atom is 0.254 e. The summed E-state index contributed by atoms with van der Waals surface area (Å²) in [7, 11) is 0. The molecule has 1 aromatic heterocycles. The van der Waals surface area contributed by atoms with Crippen molar-refractivity contribution < 1.29 is 4.79 Å². The van der Waals surface area contributed by atoms with Gasteiger partial charge in [0.25, 0.3) is 5.91 Å². The molecule has 27 heavy (non-hydrogen) atoms. The van der Waals surface area contributed by atoms with Crippen LogP contribution < -0.4 is 0 Å². The highest BCUT2D eigenvalue weighted by Gasteiger charge is 2.17. The van der Waals surface area contributed by atoms with Gasteiger partial charge in [-0.3, -0.25) is 9.78 Å². The van der Waals surface area contributed by atoms with E-state index in [9.17, 15) is 4.79 Å². The van der Waals surface area contributed by atoms with E-state index in [-0.39, 0.29) is 5.91 Å². The second-order valence-corrected chi connectivity index (χ2v) is 6.39. The van der Waals surface area contributed by atoms with Crippen LogP contribution in [0, 0.1) is 11.3 Å². The van der Waals surface area contributed by atoms with Gasteiger partial charge < -0.3 is 4.90 Å². The SMILES string of the molecule is CCc1ccc(CN(Cc2cccnc2)C(=O)c2cccc(C#N)c2)cc1. The third-order valence-corrected chi connectivity index (χ3v) is 4.43. The fourth-order valence-electron chi connectivity index (χ4n) is 2.92. The molecule has 0 saturated heterocycles. The summed E-state index contributed by atoms with van der Waals surface area (Å²) in [5.41, 5.74) is 4.30. The van der Waals surface area contributed by atoms with E-state index in [1.807, 2.05) is 12.1 Å². The number of pyridine rings is 1. The summed E-state index contributed by atoms with van der Waals surface area (Å²) in [5, 5.41) is 9.12. The largest absolute Gasteiger partial charge is 0.330 e. The molecule has 3 aromatic rings. The van der Waals surface area contributed by atoms with Crippen LogP contribution in [0.3, 0.4) is 0 Å². The van der Waals surface area contributed by atoms with Gasteiger partial charge in [-0.15, -0.1) is 0 Å². The molecule has 0 saturated carbocycles. The molecular weight excluding hydrogens is 334 g/mol. The lowest BCUT2D eigenvalue weighted by Crippen LogP contribution is -2.30. The third-order valence-electron chi connectivity index (χ3n) is 4.43. The number of benzene rings is 2. The van der Waals surface area contributed by atoms with E-state index in [0.29, 0.717) is 24.2 Å². The average Bonchev–Trinajstić information content (AvgIpc) is 2.74. The van der Waals surface area contributed by atoms with Gasteiger partial charge in [0.2, 0.25) is 0 Å². The van der Waals surface area contributed by atoms with E-state index < -0.39 is 0 Å². The molecule has 1 amide bonds. The number of aryl methyl sites for hydroxylation is 1. The first-order valence-electron chi connectivity index (χ1n) is 8.95. The third kappa shape index (κ3) is 4.80. The summed E-state index contributed by atoms with van der Waals surface area (Å²) in [6.07, 6.45) is 4.47. The van der Waals surface area contributed by atoms with E-state index in [1.54, 1.807) is 41.6 Å². The Kier molecular flexibility index (Phi) is 5.96. The van der Waals surface area contributed by atoms with Crippen LogP contribution in [0.4, 0.5) is 0 Å². The van der Waals surface area contributed by atoms with Crippen molar-refractivity contribution in [2.75, 3.05) is 0 Å². The Labute approximate surface area is 159 Å². The first-order valence-corrected chi connectivity index (χ1v) is 8.95. The van der Waals surface area contributed by atoms with Gasteiger partial charge in [0, 0.05) is 31.0 Å². The van der Waals surface area contributed by atoms with Gasteiger partial charge in [-0.1, -0.05) is 43.3 Å². The number of nitriles is 1. The van der Waals surface area contributed by atoms with Gasteiger partial charge in [0.05, 0.1) is 11.6 Å². The van der Waals surface area contributed by atoms with E-state index in [4.69, 9.17) is 5.26 Å². The average molecular weight is 355 g/mol. The molecule has 0 spiro atoms. The normalized spacial score (nSPS) is 10.2. The lowest BCUT2D eigenvalue weighted by Gasteiger charge is -2.23. The van der Waals surface area contributed by atoms with Crippen LogP contribution in [0.2, 0.25) is 0 Å². The van der Waals surface area contributed by atoms with Crippen LogP contribution in [0.15, 0.2) is 73.1 Å². The van der Waals surface area contributed by atoms with Crippen LogP contribution in [-0.2, 0) is 19.5 Å². The van der Waals surface area contributed by atoms with Crippen LogP contribution in [0.5, 0.6) is 0 Å². The highest BCUT2D eigenvalue weighted by molar-refractivity contribution is 5.94. The van der Waals surface area contributed by atoms with E-state index in [0.717, 1.165) is 17.5 Å². The quantitative estimate of drug-likeness (QED) is 0.660. The molecule has 0 bridgehead atoms. The molecule has 0 aliphatic heterocycles. The van der Waals surface area contributed by atoms with E-state index in [1.165, 1.54) is 5.56 Å². The van der Waals surface area contributed by atoms with Crippen molar-refractivity contribution in [2.45, 2.75) is 26.4 Å². The Morgan fingerprint density at radius 1 is 1.00 bits per heavy atom. The predicted molar refractivity (Wildman–Crippen MR) is 105 cm³/mol. The van der Waals surface area contributed by atoms with Gasteiger partial charge in [-0.05, 0) is 47.4 Å². The van der Waals surface area contributed by atoms with Gasteiger partial charge in [0.1, 0.15) is 0 Å². The molecule has 0 aliphatic rings. The zero-order chi connectivity index (χ0) is 19.1. The van der Waals surface area contributed by atoms with Crippen LogP contribution >= 0.6 is 0 Å². The molecule has 0 atom stereocenters. The van der Waals surface area contributed by atoms with Gasteiger partial charge in [-0.2, -0.15) is 5.26 Å². The molecule has 4 heteroatoms. The molecular formula is C23H21N3O. The molecule has 4 nitrogen and oxygen atoms in total. The first-order chi connectivity index (χ1) is 13.2. The molecule has 3 rings (SSSR count). The highest BCUT2D eigenvalue weighted by atomic mass is 16.2. The topological polar surface area (TPSA) is 57.0 Å². The Morgan fingerprint density at radius 3 is 2.41 bits per heavy atom.